The lowest BCUT2D eigenvalue weighted by Crippen LogP contribution is -2.12. The molecule has 1 aromatic rings. The van der Waals surface area contributed by atoms with Crippen molar-refractivity contribution in [1.82, 2.24) is 0 Å². The van der Waals surface area contributed by atoms with E-state index in [-0.39, 0.29) is 25.4 Å². The second-order valence-electron chi connectivity index (χ2n) is 4.60. The molecule has 116 valence electrons. The predicted octanol–water partition coefficient (Wildman–Crippen LogP) is 3.73. The van der Waals surface area contributed by atoms with Gasteiger partial charge in [-0.25, -0.2) is 0 Å². The van der Waals surface area contributed by atoms with E-state index < -0.39 is 10.8 Å². The number of aryl methyl sites for hydroxylation is 1. The highest BCUT2D eigenvalue weighted by Crippen LogP contribution is 2.21. The average Bonchev–Trinajstić information content (AvgIpc) is 2.41. The van der Waals surface area contributed by atoms with Gasteiger partial charge in [-0.2, -0.15) is 0 Å². The van der Waals surface area contributed by atoms with E-state index in [4.69, 9.17) is 32.7 Å². The molecule has 21 heavy (non-hydrogen) atoms. The van der Waals surface area contributed by atoms with Gasteiger partial charge in [-0.15, -0.1) is 23.2 Å². The maximum Gasteiger partial charge on any atom is 0.311 e. The fourth-order valence-corrected chi connectivity index (χ4v) is 1.74. The molecule has 0 bridgehead atoms. The van der Waals surface area contributed by atoms with Crippen LogP contribution >= 0.6 is 23.2 Å². The minimum absolute atomic E-state index is 0.0467. The molecule has 0 fully saturated rings. The van der Waals surface area contributed by atoms with Crippen molar-refractivity contribution in [2.75, 3.05) is 6.61 Å². The molecule has 0 spiro atoms. The van der Waals surface area contributed by atoms with Gasteiger partial charge in [0.2, 0.25) is 0 Å². The largest absolute Gasteiger partial charge is 0.463 e. The van der Waals surface area contributed by atoms with E-state index in [2.05, 4.69) is 0 Å². The molecule has 4 nitrogen and oxygen atoms in total. The number of carbonyl (C=O) groups is 2. The molecule has 1 rings (SSSR count). The Kier molecular flexibility index (Phi) is 7.54. The van der Waals surface area contributed by atoms with Crippen molar-refractivity contribution in [2.24, 2.45) is 0 Å². The van der Waals surface area contributed by atoms with Crippen molar-refractivity contribution in [1.29, 1.82) is 0 Å². The molecular formula is C15H18Cl2O4. The molecule has 0 N–H and O–H groups in total. The number of halogens is 2. The monoisotopic (exact) mass is 332 g/mol. The lowest BCUT2D eigenvalue weighted by molar-refractivity contribution is -0.143. The van der Waals surface area contributed by atoms with E-state index in [9.17, 15) is 9.59 Å². The Morgan fingerprint density at radius 3 is 2.48 bits per heavy atom. The van der Waals surface area contributed by atoms with Crippen LogP contribution in [0.15, 0.2) is 18.2 Å². The second-order valence-corrected chi connectivity index (χ2v) is 5.88. The van der Waals surface area contributed by atoms with E-state index in [1.54, 1.807) is 6.07 Å². The van der Waals surface area contributed by atoms with Crippen LogP contribution in [0.2, 0.25) is 0 Å². The van der Waals surface area contributed by atoms with Gasteiger partial charge in [0.15, 0.2) is 0 Å². The summed E-state index contributed by atoms with van der Waals surface area (Å²) in [5, 5.41) is 0. The van der Waals surface area contributed by atoms with Crippen LogP contribution in [0, 0.1) is 13.8 Å². The van der Waals surface area contributed by atoms with Crippen LogP contribution in [0.4, 0.5) is 0 Å². The first-order chi connectivity index (χ1) is 9.90. The maximum atomic E-state index is 11.7. The maximum absolute atomic E-state index is 11.7. The van der Waals surface area contributed by atoms with Crippen LogP contribution in [-0.4, -0.2) is 23.4 Å². The van der Waals surface area contributed by atoms with E-state index in [0.717, 1.165) is 11.1 Å². The van der Waals surface area contributed by atoms with E-state index in [1.807, 2.05) is 26.0 Å². The second kappa shape index (κ2) is 8.90. The highest BCUT2D eigenvalue weighted by molar-refractivity contribution is 6.44. The van der Waals surface area contributed by atoms with Gasteiger partial charge in [-0.05, 0) is 37.5 Å². The third kappa shape index (κ3) is 6.82. The number of carbonyl (C=O) groups excluding carboxylic acids is 2. The van der Waals surface area contributed by atoms with E-state index >= 15 is 0 Å². The van der Waals surface area contributed by atoms with Crippen LogP contribution in [-0.2, 0) is 14.3 Å². The molecule has 6 heteroatoms. The summed E-state index contributed by atoms with van der Waals surface area (Å²) >= 11 is 10.9. The van der Waals surface area contributed by atoms with E-state index in [1.165, 1.54) is 0 Å². The summed E-state index contributed by atoms with van der Waals surface area (Å²) < 4.78 is 10.1. The van der Waals surface area contributed by atoms with Crippen molar-refractivity contribution in [2.45, 2.75) is 37.9 Å². The third-order valence-corrected chi connectivity index (χ3v) is 3.16. The number of esters is 2. The van der Waals surface area contributed by atoms with Gasteiger partial charge in [0.25, 0.3) is 0 Å². The number of hydrogen-bond donors (Lipinski definition) is 0. The Bertz CT molecular complexity index is 500. The van der Waals surface area contributed by atoms with Gasteiger partial charge in [0, 0.05) is 12.8 Å². The number of benzene rings is 1. The summed E-state index contributed by atoms with van der Waals surface area (Å²) in [6.45, 7) is 3.79. The Morgan fingerprint density at radius 2 is 1.81 bits per heavy atom. The molecule has 0 amide bonds. The van der Waals surface area contributed by atoms with Crippen LogP contribution in [0.3, 0.4) is 0 Å². The topological polar surface area (TPSA) is 52.6 Å². The summed E-state index contributed by atoms with van der Waals surface area (Å²) in [4.78, 5) is 22.3. The molecule has 0 saturated carbocycles. The summed E-state index contributed by atoms with van der Waals surface area (Å²) in [6.07, 6.45) is 0.633. The van der Waals surface area contributed by atoms with E-state index in [0.29, 0.717) is 12.2 Å². The van der Waals surface area contributed by atoms with Gasteiger partial charge >= 0.3 is 11.9 Å². The molecule has 0 radical (unpaired) electrons. The minimum atomic E-state index is -0.733. The minimum Gasteiger partial charge on any atom is -0.463 e. The van der Waals surface area contributed by atoms with Crippen LogP contribution in [0.5, 0.6) is 5.75 Å². The predicted molar refractivity (Wildman–Crippen MR) is 81.9 cm³/mol. The zero-order valence-corrected chi connectivity index (χ0v) is 13.5. The molecule has 0 atom stereocenters. The molecule has 0 aliphatic heterocycles. The fourth-order valence-electron chi connectivity index (χ4n) is 1.61. The number of alkyl halides is 2. The Morgan fingerprint density at radius 1 is 1.14 bits per heavy atom. The number of ether oxygens (including phenoxy) is 2. The number of hydrogen-bond acceptors (Lipinski definition) is 4. The smallest absolute Gasteiger partial charge is 0.311 e. The summed E-state index contributed by atoms with van der Waals surface area (Å²) in [5.41, 5.74) is 1.99. The normalized spacial score (nSPS) is 10.5. The molecule has 0 saturated heterocycles. The van der Waals surface area contributed by atoms with Crippen LogP contribution in [0.1, 0.15) is 30.4 Å². The first kappa shape index (κ1) is 17.8. The molecule has 1 aromatic carbocycles. The zero-order valence-electron chi connectivity index (χ0n) is 12.0. The standard InChI is InChI=1S/C15H18Cl2O4/c1-10-5-3-6-12(11(10)2)21-15(19)8-4-7-14(18)20-9-13(16)17/h3,5-6,13H,4,7-9H2,1-2H3. The summed E-state index contributed by atoms with van der Waals surface area (Å²) in [6, 6.07) is 5.52. The van der Waals surface area contributed by atoms with Crippen LogP contribution < -0.4 is 4.74 Å². The lowest BCUT2D eigenvalue weighted by atomic mass is 10.1. The average molecular weight is 333 g/mol. The van der Waals surface area contributed by atoms with Gasteiger partial charge < -0.3 is 9.47 Å². The van der Waals surface area contributed by atoms with Crippen molar-refractivity contribution < 1.29 is 19.1 Å². The lowest BCUT2D eigenvalue weighted by Gasteiger charge is -2.09. The zero-order chi connectivity index (χ0) is 15.8. The molecule has 0 aliphatic carbocycles. The first-order valence-electron chi connectivity index (χ1n) is 6.61. The fraction of sp³-hybridized carbons (Fsp3) is 0.467. The highest BCUT2D eigenvalue weighted by atomic mass is 35.5. The number of rotatable bonds is 7. The quantitative estimate of drug-likeness (QED) is 0.433. The molecule has 0 unspecified atom stereocenters. The highest BCUT2D eigenvalue weighted by Gasteiger charge is 2.11. The van der Waals surface area contributed by atoms with Crippen molar-refractivity contribution in [3.05, 3.63) is 29.3 Å². The van der Waals surface area contributed by atoms with Crippen LogP contribution in [0.25, 0.3) is 0 Å². The van der Waals surface area contributed by atoms with Gasteiger partial charge in [0.1, 0.15) is 17.2 Å². The molecule has 0 aliphatic rings. The SMILES string of the molecule is Cc1cccc(OC(=O)CCCC(=O)OCC(Cl)Cl)c1C. The van der Waals surface area contributed by atoms with Gasteiger partial charge in [0.05, 0.1) is 0 Å². The Hall–Kier alpha value is -1.26. The van der Waals surface area contributed by atoms with Gasteiger partial charge in [-0.3, -0.25) is 9.59 Å². The summed E-state index contributed by atoms with van der Waals surface area (Å²) in [5.74, 6) is -0.250. The van der Waals surface area contributed by atoms with Crippen molar-refractivity contribution in [3.63, 3.8) is 0 Å². The van der Waals surface area contributed by atoms with Gasteiger partial charge in [-0.1, -0.05) is 12.1 Å². The third-order valence-electron chi connectivity index (χ3n) is 2.91. The molecule has 0 aromatic heterocycles. The summed E-state index contributed by atoms with van der Waals surface area (Å²) in [7, 11) is 0. The van der Waals surface area contributed by atoms with Crippen molar-refractivity contribution >= 4 is 35.1 Å². The Labute approximate surface area is 134 Å². The first-order valence-corrected chi connectivity index (χ1v) is 7.48. The molecular weight excluding hydrogens is 315 g/mol. The van der Waals surface area contributed by atoms with Crippen molar-refractivity contribution in [3.8, 4) is 5.75 Å². The Balaban J connectivity index is 2.31. The molecule has 0 heterocycles.